The van der Waals surface area contributed by atoms with E-state index in [1.165, 1.54) is 22.8 Å². The van der Waals surface area contributed by atoms with Gasteiger partial charge in [-0.3, -0.25) is 4.79 Å². The number of hydrogen-bond acceptors (Lipinski definition) is 5. The molecule has 0 saturated carbocycles. The summed E-state index contributed by atoms with van der Waals surface area (Å²) in [6.07, 6.45) is 0.614. The van der Waals surface area contributed by atoms with Crippen LogP contribution in [0.25, 0.3) is 0 Å². The van der Waals surface area contributed by atoms with E-state index in [4.69, 9.17) is 4.74 Å². The van der Waals surface area contributed by atoms with Crippen LogP contribution in [0.15, 0.2) is 35.2 Å². The van der Waals surface area contributed by atoms with Crippen LogP contribution in [0.2, 0.25) is 0 Å². The molecular formula is C18H24N2O4S2. The number of amides is 1. The Hall–Kier alpha value is -1.90. The third kappa shape index (κ3) is 4.63. The first-order chi connectivity index (χ1) is 12.3. The number of rotatable bonds is 8. The van der Waals surface area contributed by atoms with Crippen molar-refractivity contribution in [3.8, 4) is 5.75 Å². The second kappa shape index (κ2) is 8.66. The van der Waals surface area contributed by atoms with Crippen molar-refractivity contribution in [1.82, 2.24) is 4.31 Å². The number of carbonyl (C=O) groups is 1. The summed E-state index contributed by atoms with van der Waals surface area (Å²) in [5.41, 5.74) is 0.511. The van der Waals surface area contributed by atoms with Crippen molar-refractivity contribution >= 4 is 33.0 Å². The van der Waals surface area contributed by atoms with Crippen LogP contribution < -0.4 is 10.1 Å². The molecule has 1 heterocycles. The van der Waals surface area contributed by atoms with Gasteiger partial charge >= 0.3 is 0 Å². The van der Waals surface area contributed by atoms with Gasteiger partial charge in [-0.1, -0.05) is 19.1 Å². The lowest BCUT2D eigenvalue weighted by molar-refractivity contribution is -0.116. The Bertz CT molecular complexity index is 875. The van der Waals surface area contributed by atoms with Crippen LogP contribution in [-0.4, -0.2) is 38.8 Å². The third-order valence-corrected chi connectivity index (χ3v) is 6.85. The molecule has 2 rings (SSSR count). The second-order valence-electron chi connectivity index (χ2n) is 5.86. The Morgan fingerprint density at radius 2 is 1.96 bits per heavy atom. The quantitative estimate of drug-likeness (QED) is 0.742. The lowest BCUT2D eigenvalue weighted by atomic mass is 10.3. The maximum Gasteiger partial charge on any atom is 0.244 e. The van der Waals surface area contributed by atoms with Crippen molar-refractivity contribution in [2.75, 3.05) is 25.5 Å². The number of hydrogen-bond donors (Lipinski definition) is 1. The summed E-state index contributed by atoms with van der Waals surface area (Å²) in [6, 6.07) is 8.67. The molecule has 0 spiro atoms. The number of nitrogens with zero attached hydrogens (tertiary/aromatic N) is 1. The third-order valence-electron chi connectivity index (χ3n) is 3.79. The van der Waals surface area contributed by atoms with Crippen molar-refractivity contribution < 1.29 is 17.9 Å². The van der Waals surface area contributed by atoms with Gasteiger partial charge in [-0.2, -0.15) is 4.31 Å². The van der Waals surface area contributed by atoms with Crippen molar-refractivity contribution in [1.29, 1.82) is 0 Å². The summed E-state index contributed by atoms with van der Waals surface area (Å²) in [5, 5.41) is 2.73. The molecule has 0 unspecified atom stereocenters. The van der Waals surface area contributed by atoms with Gasteiger partial charge in [0, 0.05) is 16.3 Å². The van der Waals surface area contributed by atoms with Gasteiger partial charge in [0.15, 0.2) is 0 Å². The Balaban J connectivity index is 2.22. The lowest BCUT2D eigenvalue weighted by Crippen LogP contribution is -2.38. The molecule has 2 aromatic rings. The monoisotopic (exact) mass is 396 g/mol. The van der Waals surface area contributed by atoms with Gasteiger partial charge in [-0.25, -0.2) is 8.42 Å². The molecular weight excluding hydrogens is 372 g/mol. The van der Waals surface area contributed by atoms with Gasteiger partial charge in [0.05, 0.1) is 24.2 Å². The van der Waals surface area contributed by atoms with Gasteiger partial charge in [0.2, 0.25) is 15.9 Å². The minimum atomic E-state index is -3.72. The number of ether oxygens (including phenoxy) is 1. The van der Waals surface area contributed by atoms with Gasteiger partial charge in [0.25, 0.3) is 0 Å². The minimum Gasteiger partial charge on any atom is -0.495 e. The number of carbonyl (C=O) groups excluding carboxylic acids is 1. The molecule has 1 N–H and O–H groups in total. The highest BCUT2D eigenvalue weighted by Gasteiger charge is 2.28. The van der Waals surface area contributed by atoms with Crippen molar-refractivity contribution in [2.24, 2.45) is 0 Å². The van der Waals surface area contributed by atoms with E-state index < -0.39 is 15.9 Å². The molecule has 0 radical (unpaired) electrons. The summed E-state index contributed by atoms with van der Waals surface area (Å²) in [4.78, 5) is 14.4. The average Bonchev–Trinajstić information content (AvgIpc) is 2.94. The largest absolute Gasteiger partial charge is 0.495 e. The van der Waals surface area contributed by atoms with E-state index in [1.807, 2.05) is 13.8 Å². The molecule has 0 fully saturated rings. The SMILES string of the molecule is CCCN(CC(=O)Nc1ccccc1OC)S(=O)(=O)c1cc(C)sc1C. The Morgan fingerprint density at radius 1 is 1.27 bits per heavy atom. The lowest BCUT2D eigenvalue weighted by Gasteiger charge is -2.21. The predicted molar refractivity (Wildman–Crippen MR) is 104 cm³/mol. The van der Waals surface area contributed by atoms with Gasteiger partial charge in [-0.05, 0) is 38.5 Å². The molecule has 0 bridgehead atoms. The van der Waals surface area contributed by atoms with E-state index in [1.54, 1.807) is 37.3 Å². The van der Waals surface area contributed by atoms with Gasteiger partial charge in [0.1, 0.15) is 5.75 Å². The molecule has 1 aromatic carbocycles. The zero-order valence-electron chi connectivity index (χ0n) is 15.4. The van der Waals surface area contributed by atoms with Crippen LogP contribution in [0.5, 0.6) is 5.75 Å². The Labute approximate surface area is 158 Å². The van der Waals surface area contributed by atoms with Crippen molar-refractivity contribution in [3.63, 3.8) is 0 Å². The van der Waals surface area contributed by atoms with Gasteiger partial charge in [-0.15, -0.1) is 11.3 Å². The number of aryl methyl sites for hydroxylation is 2. The topological polar surface area (TPSA) is 75.7 Å². The molecule has 0 saturated heterocycles. The van der Waals surface area contributed by atoms with Crippen LogP contribution in [-0.2, 0) is 14.8 Å². The zero-order valence-corrected chi connectivity index (χ0v) is 17.0. The van der Waals surface area contributed by atoms with E-state index in [0.29, 0.717) is 17.9 Å². The number of para-hydroxylation sites is 2. The first-order valence-corrected chi connectivity index (χ1v) is 10.5. The summed E-state index contributed by atoms with van der Waals surface area (Å²) in [6.45, 7) is 5.56. The van der Waals surface area contributed by atoms with Crippen LogP contribution in [0, 0.1) is 13.8 Å². The Kier molecular flexibility index (Phi) is 6.80. The maximum atomic E-state index is 13.0. The van der Waals surface area contributed by atoms with Crippen LogP contribution in [0.1, 0.15) is 23.1 Å². The molecule has 6 nitrogen and oxygen atoms in total. The molecule has 0 atom stereocenters. The summed E-state index contributed by atoms with van der Waals surface area (Å²) >= 11 is 1.44. The zero-order chi connectivity index (χ0) is 19.3. The van der Waals surface area contributed by atoms with Crippen LogP contribution in [0.4, 0.5) is 5.69 Å². The molecule has 26 heavy (non-hydrogen) atoms. The number of methoxy groups -OCH3 is 1. The van der Waals surface area contributed by atoms with E-state index in [-0.39, 0.29) is 18.0 Å². The molecule has 8 heteroatoms. The van der Waals surface area contributed by atoms with Crippen LogP contribution >= 0.6 is 11.3 Å². The molecule has 0 aliphatic rings. The molecule has 0 aliphatic carbocycles. The fraction of sp³-hybridized carbons (Fsp3) is 0.389. The van der Waals surface area contributed by atoms with Crippen molar-refractivity contribution in [3.05, 3.63) is 40.1 Å². The summed E-state index contributed by atoms with van der Waals surface area (Å²) in [7, 11) is -2.21. The molecule has 0 aliphatic heterocycles. The first kappa shape index (κ1) is 20.4. The highest BCUT2D eigenvalue weighted by molar-refractivity contribution is 7.89. The highest BCUT2D eigenvalue weighted by atomic mass is 32.2. The fourth-order valence-corrected chi connectivity index (χ4v) is 5.65. The highest BCUT2D eigenvalue weighted by Crippen LogP contribution is 2.28. The summed E-state index contributed by atoms with van der Waals surface area (Å²) in [5.74, 6) is 0.117. The maximum absolute atomic E-state index is 13.0. The number of sulfonamides is 1. The molecule has 1 aromatic heterocycles. The van der Waals surface area contributed by atoms with E-state index >= 15 is 0 Å². The minimum absolute atomic E-state index is 0.247. The van der Waals surface area contributed by atoms with E-state index in [9.17, 15) is 13.2 Å². The standard InChI is InChI=1S/C18H24N2O4S2/c1-5-10-20(26(22,23)17-11-13(2)25-14(17)3)12-18(21)19-15-8-6-7-9-16(15)24-4/h6-9,11H,5,10,12H2,1-4H3,(H,19,21). The normalized spacial score (nSPS) is 11.6. The number of thiophene rings is 1. The number of benzene rings is 1. The predicted octanol–water partition coefficient (Wildman–Crippen LogP) is 3.41. The summed E-state index contributed by atoms with van der Waals surface area (Å²) < 4.78 is 32.4. The Morgan fingerprint density at radius 3 is 2.54 bits per heavy atom. The molecule has 142 valence electrons. The van der Waals surface area contributed by atoms with Crippen molar-refractivity contribution in [2.45, 2.75) is 32.1 Å². The van der Waals surface area contributed by atoms with E-state index in [0.717, 1.165) is 9.75 Å². The van der Waals surface area contributed by atoms with Crippen LogP contribution in [0.3, 0.4) is 0 Å². The second-order valence-corrected chi connectivity index (χ2v) is 9.23. The average molecular weight is 397 g/mol. The van der Waals surface area contributed by atoms with Gasteiger partial charge < -0.3 is 10.1 Å². The molecule has 1 amide bonds. The van der Waals surface area contributed by atoms with E-state index in [2.05, 4.69) is 5.32 Å². The number of anilines is 1. The smallest absolute Gasteiger partial charge is 0.244 e. The first-order valence-electron chi connectivity index (χ1n) is 8.29. The number of nitrogens with one attached hydrogen (secondary N) is 1. The fourth-order valence-electron chi connectivity index (χ4n) is 2.63.